The highest BCUT2D eigenvalue weighted by atomic mass is 79.9. The van der Waals surface area contributed by atoms with E-state index in [1.165, 1.54) is 12.1 Å². The SMILES string of the molecule is CCOC(=O)Cc1cn(Cc2ccccc2N)c2ccccc12.CCOC(=O)Cc1cn(Cc2ccccc2[N+](=O)[O-])c2ccccc12.Cc1ccc(S(=O)(=O)Nc2ccccc2Cn2cc(CC(=O)O)c3ccccc32)cc1.O=[N+]([O-])c1ccccc1CBr. The molecule has 0 saturated carbocycles. The highest BCUT2D eigenvalue weighted by molar-refractivity contribution is 9.08. The molecule has 0 aliphatic heterocycles. The van der Waals surface area contributed by atoms with E-state index < -0.39 is 16.0 Å². The molecule has 0 atom stereocenters. The Morgan fingerprint density at radius 3 is 1.33 bits per heavy atom. The molecule has 21 heteroatoms. The van der Waals surface area contributed by atoms with Crippen molar-refractivity contribution in [3.8, 4) is 0 Å². The Balaban J connectivity index is 0.000000162. The fraction of sp³-hybridized carbons (Fsp3) is 0.174. The summed E-state index contributed by atoms with van der Waals surface area (Å²) in [6.07, 6.45) is 6.11. The third-order valence-electron chi connectivity index (χ3n) is 14.4. The van der Waals surface area contributed by atoms with Crippen molar-refractivity contribution in [2.45, 2.75) is 69.9 Å². The molecule has 0 radical (unpaired) electrons. The number of aliphatic carboxylic acids is 1. The van der Waals surface area contributed by atoms with E-state index in [1.54, 1.807) is 79.7 Å². The Hall–Kier alpha value is -10.4. The number of aryl methyl sites for hydroxylation is 1. The molecular formula is C69H66BrN7O12S. The molecule has 3 aromatic heterocycles. The fourth-order valence-electron chi connectivity index (χ4n) is 10.2. The molecule has 0 bridgehead atoms. The number of nitrogens with zero attached hydrogens (tertiary/aromatic N) is 5. The van der Waals surface area contributed by atoms with Crippen molar-refractivity contribution in [2.75, 3.05) is 23.7 Å². The molecule has 11 aromatic rings. The Morgan fingerprint density at radius 1 is 0.511 bits per heavy atom. The number of carbonyl (C=O) groups excluding carboxylic acids is 2. The van der Waals surface area contributed by atoms with Crippen LogP contribution in [-0.4, -0.2) is 68.2 Å². The van der Waals surface area contributed by atoms with E-state index in [-0.39, 0.29) is 57.3 Å². The van der Waals surface area contributed by atoms with Crippen LogP contribution in [0.25, 0.3) is 32.7 Å². The van der Waals surface area contributed by atoms with Crippen molar-refractivity contribution < 1.29 is 47.2 Å². The van der Waals surface area contributed by atoms with Crippen molar-refractivity contribution >= 4 is 99.3 Å². The summed E-state index contributed by atoms with van der Waals surface area (Å²) in [6, 6.07) is 58.5. The first kappa shape index (κ1) is 65.6. The summed E-state index contributed by atoms with van der Waals surface area (Å²) in [6.45, 7) is 7.67. The van der Waals surface area contributed by atoms with Crippen molar-refractivity contribution in [1.82, 2.24) is 13.7 Å². The monoisotopic (exact) mass is 1300 g/mol. The second kappa shape index (κ2) is 31.0. The Bertz CT molecular complexity index is 4460. The second-order valence-electron chi connectivity index (χ2n) is 20.6. The van der Waals surface area contributed by atoms with Crippen LogP contribution in [0.5, 0.6) is 0 Å². The van der Waals surface area contributed by atoms with Crippen LogP contribution in [0, 0.1) is 27.2 Å². The number of sulfonamides is 1. The second-order valence-corrected chi connectivity index (χ2v) is 22.9. The van der Waals surface area contributed by atoms with E-state index in [9.17, 15) is 48.1 Å². The number of carboxylic acids is 1. The minimum Gasteiger partial charge on any atom is -0.481 e. The molecule has 19 nitrogen and oxygen atoms in total. The Kier molecular flexibility index (Phi) is 22.6. The van der Waals surface area contributed by atoms with Crippen molar-refractivity contribution in [2.24, 2.45) is 0 Å². The predicted molar refractivity (Wildman–Crippen MR) is 353 cm³/mol. The lowest BCUT2D eigenvalue weighted by molar-refractivity contribution is -0.385. The van der Waals surface area contributed by atoms with Crippen LogP contribution < -0.4 is 10.5 Å². The number of carboxylic acid groups (broad SMARTS) is 1. The van der Waals surface area contributed by atoms with Gasteiger partial charge in [0.05, 0.1) is 59.5 Å². The smallest absolute Gasteiger partial charge is 0.310 e. The van der Waals surface area contributed by atoms with Gasteiger partial charge < -0.3 is 34.0 Å². The van der Waals surface area contributed by atoms with Gasteiger partial charge in [0.25, 0.3) is 21.4 Å². The van der Waals surface area contributed by atoms with E-state index in [4.69, 9.17) is 15.2 Å². The van der Waals surface area contributed by atoms with Crippen LogP contribution in [0.3, 0.4) is 0 Å². The zero-order chi connectivity index (χ0) is 64.3. The number of rotatable bonds is 20. The maximum absolute atomic E-state index is 12.9. The molecule has 462 valence electrons. The molecule has 0 unspecified atom stereocenters. The largest absolute Gasteiger partial charge is 0.481 e. The third kappa shape index (κ3) is 17.0. The number of alkyl halides is 1. The molecule has 0 amide bonds. The number of nitrogens with two attached hydrogens (primary N) is 1. The number of aromatic nitrogens is 3. The summed E-state index contributed by atoms with van der Waals surface area (Å²) < 4.78 is 44.6. The van der Waals surface area contributed by atoms with Gasteiger partial charge in [-0.3, -0.25) is 39.3 Å². The van der Waals surface area contributed by atoms with Crippen molar-refractivity contribution in [3.05, 3.63) is 277 Å². The maximum atomic E-state index is 12.9. The van der Waals surface area contributed by atoms with Crippen molar-refractivity contribution in [1.29, 1.82) is 0 Å². The summed E-state index contributed by atoms with van der Waals surface area (Å²) in [5.41, 5.74) is 17.2. The molecule has 0 fully saturated rings. The first-order valence-electron chi connectivity index (χ1n) is 28.6. The number of hydrogen-bond acceptors (Lipinski definition) is 12. The number of esters is 2. The quantitative estimate of drug-likeness (QED) is 0.0211. The lowest BCUT2D eigenvalue weighted by Gasteiger charge is -2.14. The normalized spacial score (nSPS) is 10.9. The van der Waals surface area contributed by atoms with E-state index in [0.717, 1.165) is 71.8 Å². The van der Waals surface area contributed by atoms with Crippen LogP contribution in [0.15, 0.2) is 218 Å². The number of hydrogen-bond donors (Lipinski definition) is 3. The number of nitrogen functional groups attached to an aromatic ring is 1. The van der Waals surface area contributed by atoms with Crippen LogP contribution in [0.4, 0.5) is 22.7 Å². The number of ether oxygens (including phenoxy) is 2. The number of fused-ring (bicyclic) bond motifs is 3. The number of benzene rings is 8. The highest BCUT2D eigenvalue weighted by Gasteiger charge is 2.20. The number of para-hydroxylation sites is 7. The van der Waals surface area contributed by atoms with Gasteiger partial charge in [0.1, 0.15) is 0 Å². The lowest BCUT2D eigenvalue weighted by Crippen LogP contribution is -2.15. The molecule has 4 N–H and O–H groups in total. The zero-order valence-electron chi connectivity index (χ0n) is 49.6. The molecule has 11 rings (SSSR count). The molecule has 0 aliphatic rings. The minimum atomic E-state index is -3.74. The Morgan fingerprint density at radius 2 is 0.889 bits per heavy atom. The molecule has 0 aliphatic carbocycles. The van der Waals surface area contributed by atoms with Gasteiger partial charge in [0.2, 0.25) is 0 Å². The number of anilines is 2. The number of carbonyl (C=O) groups is 3. The van der Waals surface area contributed by atoms with E-state index in [2.05, 4.69) is 31.3 Å². The third-order valence-corrected chi connectivity index (χ3v) is 16.4. The topological polar surface area (TPSA) is 263 Å². The van der Waals surface area contributed by atoms with E-state index in [0.29, 0.717) is 55.0 Å². The van der Waals surface area contributed by atoms with Gasteiger partial charge in [-0.15, -0.1) is 0 Å². The molecule has 8 aromatic carbocycles. The summed E-state index contributed by atoms with van der Waals surface area (Å²) in [7, 11) is -3.74. The average molecular weight is 1300 g/mol. The van der Waals surface area contributed by atoms with Crippen LogP contribution >= 0.6 is 15.9 Å². The van der Waals surface area contributed by atoms with Crippen molar-refractivity contribution in [3.63, 3.8) is 0 Å². The van der Waals surface area contributed by atoms with Gasteiger partial charge in [-0.05, 0) is 91.1 Å². The standard InChI is InChI=1S/C24H22N2O4S.C19H18N2O4.C19H20N2O2.C7H6BrNO2/c1-17-10-12-20(13-11-17)31(29,30)25-22-8-4-2-6-18(22)15-26-16-19(14-24(27)28)21-7-3-5-9-23(21)26;1-2-25-19(22)11-15-13-20(18-10-6-4-8-16(15)18)12-14-7-3-5-9-17(14)21(23)24;1-2-23-19(22)11-15-13-21(18-10-6-4-8-16(15)18)12-14-7-3-5-9-17(14)20;8-5-6-3-1-2-4-7(6)9(10)11/h2-13,16,25H,14-15H2,1H3,(H,27,28);3-10,13H,2,11-12H2,1H3;3-10,13H,2,11-12,20H2,1H3;1-4H,5H2. The van der Waals surface area contributed by atoms with Gasteiger partial charge in [-0.1, -0.05) is 161 Å². The van der Waals surface area contributed by atoms with Gasteiger partial charge in [-0.25, -0.2) is 8.42 Å². The summed E-state index contributed by atoms with van der Waals surface area (Å²) in [4.78, 5) is 56.0. The summed E-state index contributed by atoms with van der Waals surface area (Å²) in [5.74, 6) is -1.38. The fourth-order valence-corrected chi connectivity index (χ4v) is 11.8. The highest BCUT2D eigenvalue weighted by Crippen LogP contribution is 2.30. The van der Waals surface area contributed by atoms with Crippen LogP contribution in [-0.2, 0) is 78.1 Å². The summed E-state index contributed by atoms with van der Waals surface area (Å²) >= 11 is 3.17. The number of halogens is 1. The summed E-state index contributed by atoms with van der Waals surface area (Å²) in [5, 5.41) is 34.3. The molecule has 0 spiro atoms. The first-order chi connectivity index (χ1) is 43.4. The maximum Gasteiger partial charge on any atom is 0.310 e. The lowest BCUT2D eigenvalue weighted by atomic mass is 10.1. The average Bonchev–Trinajstić information content (AvgIpc) is 1.74. The number of nitro benzene ring substituents is 2. The van der Waals surface area contributed by atoms with Gasteiger partial charge >= 0.3 is 17.9 Å². The minimum absolute atomic E-state index is 0.0742. The predicted octanol–water partition coefficient (Wildman–Crippen LogP) is 14.0. The molecule has 0 saturated heterocycles. The van der Waals surface area contributed by atoms with Crippen LogP contribution in [0.2, 0.25) is 0 Å². The molecule has 3 heterocycles. The number of nitrogens with one attached hydrogen (secondary N) is 1. The zero-order valence-corrected chi connectivity index (χ0v) is 52.0. The number of nitro groups is 2. The van der Waals surface area contributed by atoms with Gasteiger partial charge in [-0.2, -0.15) is 0 Å². The molecule has 90 heavy (non-hydrogen) atoms. The first-order valence-corrected chi connectivity index (χ1v) is 31.2. The van der Waals surface area contributed by atoms with Gasteiger partial charge in [0.15, 0.2) is 0 Å². The Labute approximate surface area is 528 Å². The van der Waals surface area contributed by atoms with Crippen LogP contribution in [0.1, 0.15) is 58.4 Å². The van der Waals surface area contributed by atoms with Gasteiger partial charge in [0, 0.05) is 98.7 Å². The van der Waals surface area contributed by atoms with E-state index in [1.807, 2.05) is 145 Å². The van der Waals surface area contributed by atoms with E-state index >= 15 is 0 Å². The molecular weight excluding hydrogens is 1230 g/mol.